The van der Waals surface area contributed by atoms with E-state index in [1.54, 1.807) is 25.6 Å². The minimum atomic E-state index is 0.727. The summed E-state index contributed by atoms with van der Waals surface area (Å²) in [6.07, 6.45) is 0.832. The van der Waals surface area contributed by atoms with Crippen LogP contribution in [0.5, 0.6) is 11.5 Å². The van der Waals surface area contributed by atoms with Crippen LogP contribution in [-0.4, -0.2) is 18.8 Å². The van der Waals surface area contributed by atoms with Crippen molar-refractivity contribution in [2.45, 2.75) is 19.9 Å². The van der Waals surface area contributed by atoms with Gasteiger partial charge in [-0.3, -0.25) is 0 Å². The number of aromatic nitrogens is 1. The quantitative estimate of drug-likeness (QED) is 0.306. The van der Waals surface area contributed by atoms with Gasteiger partial charge in [-0.1, -0.05) is 47.5 Å². The Morgan fingerprint density at radius 3 is 2.31 bits per heavy atom. The molecular formula is C26H25ClN2O2S. The van der Waals surface area contributed by atoms with Gasteiger partial charge in [-0.2, -0.15) is 0 Å². The summed E-state index contributed by atoms with van der Waals surface area (Å²) in [5.41, 5.74) is 5.57. The lowest BCUT2D eigenvalue weighted by Crippen LogP contribution is -2.17. The van der Waals surface area contributed by atoms with E-state index in [1.165, 1.54) is 11.1 Å². The zero-order chi connectivity index (χ0) is 22.5. The van der Waals surface area contributed by atoms with Crippen LogP contribution in [0.1, 0.15) is 11.1 Å². The number of nitrogens with zero attached hydrogens (tertiary/aromatic N) is 2. The van der Waals surface area contributed by atoms with Gasteiger partial charge in [0.15, 0.2) is 16.3 Å². The number of hydrogen-bond acceptors (Lipinski definition) is 4. The molecule has 0 N–H and O–H groups in total. The molecular weight excluding hydrogens is 440 g/mol. The molecule has 1 heterocycles. The van der Waals surface area contributed by atoms with Gasteiger partial charge in [0.25, 0.3) is 0 Å². The Hall–Kier alpha value is -3.02. The Kier molecular flexibility index (Phi) is 6.98. The van der Waals surface area contributed by atoms with Crippen molar-refractivity contribution in [2.75, 3.05) is 14.2 Å². The van der Waals surface area contributed by atoms with Crippen LogP contribution in [0, 0.1) is 6.92 Å². The molecule has 4 rings (SSSR count). The molecule has 0 aliphatic rings. The molecule has 164 valence electrons. The standard InChI is InChI=1S/C26H25ClN2O2S/c1-18-4-11-22(12-5-18)28-26-29(23(17-32-26)20-7-9-21(27)10-8-20)15-14-19-6-13-24(30-2)25(16-19)31-3/h4-13,16-17H,14-15H2,1-3H3. The molecule has 0 unspecified atom stereocenters. The van der Waals surface area contributed by atoms with Crippen LogP contribution in [0.4, 0.5) is 5.69 Å². The Bertz CT molecular complexity index is 1260. The first-order valence-corrected chi connectivity index (χ1v) is 11.6. The predicted molar refractivity (Wildman–Crippen MR) is 132 cm³/mol. The minimum Gasteiger partial charge on any atom is -0.493 e. The Morgan fingerprint density at radius 1 is 0.906 bits per heavy atom. The Balaban J connectivity index is 1.71. The maximum absolute atomic E-state index is 6.11. The van der Waals surface area contributed by atoms with Crippen molar-refractivity contribution in [2.24, 2.45) is 4.99 Å². The summed E-state index contributed by atoms with van der Waals surface area (Å²) in [4.78, 5) is 5.89. The van der Waals surface area contributed by atoms with Crippen molar-refractivity contribution >= 4 is 28.6 Å². The van der Waals surface area contributed by atoms with Crippen LogP contribution < -0.4 is 14.3 Å². The van der Waals surface area contributed by atoms with Gasteiger partial charge < -0.3 is 14.0 Å². The molecule has 0 fully saturated rings. The SMILES string of the molecule is COc1ccc(CCn2c(-c3ccc(Cl)cc3)csc2=Nc2ccc(C)cc2)cc1OC. The van der Waals surface area contributed by atoms with Crippen LogP contribution >= 0.6 is 22.9 Å². The van der Waals surface area contributed by atoms with E-state index in [0.717, 1.165) is 51.2 Å². The van der Waals surface area contributed by atoms with E-state index in [0.29, 0.717) is 0 Å². The average molecular weight is 465 g/mol. The van der Waals surface area contributed by atoms with E-state index in [1.807, 2.05) is 36.4 Å². The van der Waals surface area contributed by atoms with Crippen LogP contribution in [0.3, 0.4) is 0 Å². The van der Waals surface area contributed by atoms with Gasteiger partial charge in [0, 0.05) is 16.9 Å². The van der Waals surface area contributed by atoms with Gasteiger partial charge in [0.1, 0.15) is 0 Å². The Morgan fingerprint density at radius 2 is 1.62 bits per heavy atom. The molecule has 32 heavy (non-hydrogen) atoms. The molecule has 6 heteroatoms. The molecule has 0 aliphatic heterocycles. The number of rotatable bonds is 7. The van der Waals surface area contributed by atoms with Crippen molar-refractivity contribution in [3.8, 4) is 22.8 Å². The summed E-state index contributed by atoms with van der Waals surface area (Å²) in [7, 11) is 3.31. The number of ether oxygens (including phenoxy) is 2. The van der Waals surface area contributed by atoms with E-state index >= 15 is 0 Å². The monoisotopic (exact) mass is 464 g/mol. The highest BCUT2D eigenvalue weighted by molar-refractivity contribution is 7.07. The fourth-order valence-corrected chi connectivity index (χ4v) is 4.57. The number of aryl methyl sites for hydroxylation is 2. The number of methoxy groups -OCH3 is 2. The summed E-state index contributed by atoms with van der Waals surface area (Å²) in [5.74, 6) is 1.47. The lowest BCUT2D eigenvalue weighted by atomic mass is 10.1. The molecule has 0 amide bonds. The van der Waals surface area contributed by atoms with E-state index in [4.69, 9.17) is 26.1 Å². The number of hydrogen-bond donors (Lipinski definition) is 0. The lowest BCUT2D eigenvalue weighted by molar-refractivity contribution is 0.354. The fourth-order valence-electron chi connectivity index (χ4n) is 3.49. The van der Waals surface area contributed by atoms with Gasteiger partial charge in [0.05, 0.1) is 25.6 Å². The number of thiazole rings is 1. The zero-order valence-corrected chi connectivity index (χ0v) is 19.9. The maximum atomic E-state index is 6.11. The van der Waals surface area contributed by atoms with Gasteiger partial charge in [-0.05, 0) is 60.9 Å². The summed E-state index contributed by atoms with van der Waals surface area (Å²) in [6, 6.07) is 22.3. The van der Waals surface area contributed by atoms with Crippen molar-refractivity contribution in [3.05, 3.63) is 93.1 Å². The van der Waals surface area contributed by atoms with Crippen LogP contribution in [0.2, 0.25) is 5.02 Å². The molecule has 0 saturated carbocycles. The summed E-state index contributed by atoms with van der Waals surface area (Å²) in [6.45, 7) is 2.86. The summed E-state index contributed by atoms with van der Waals surface area (Å²) >= 11 is 7.76. The highest BCUT2D eigenvalue weighted by Crippen LogP contribution is 2.28. The van der Waals surface area contributed by atoms with E-state index < -0.39 is 0 Å². The van der Waals surface area contributed by atoms with Crippen molar-refractivity contribution < 1.29 is 9.47 Å². The zero-order valence-electron chi connectivity index (χ0n) is 18.3. The molecule has 3 aromatic carbocycles. The number of benzene rings is 3. The molecule has 0 aliphatic carbocycles. The topological polar surface area (TPSA) is 35.8 Å². The first-order chi connectivity index (χ1) is 15.6. The van der Waals surface area contributed by atoms with E-state index in [2.05, 4.69) is 47.2 Å². The van der Waals surface area contributed by atoms with Gasteiger partial charge in [-0.25, -0.2) is 4.99 Å². The second kappa shape index (κ2) is 10.1. The third-order valence-corrected chi connectivity index (χ3v) is 6.38. The predicted octanol–water partition coefficient (Wildman–Crippen LogP) is 6.67. The second-order valence-electron chi connectivity index (χ2n) is 7.45. The summed E-state index contributed by atoms with van der Waals surface area (Å²) < 4.78 is 13.1. The molecule has 4 aromatic rings. The molecule has 0 saturated heterocycles. The van der Waals surface area contributed by atoms with Crippen molar-refractivity contribution in [1.82, 2.24) is 4.57 Å². The number of halogens is 1. The van der Waals surface area contributed by atoms with Gasteiger partial charge in [-0.15, -0.1) is 11.3 Å². The Labute approximate surface area is 197 Å². The smallest absolute Gasteiger partial charge is 0.190 e. The minimum absolute atomic E-state index is 0.727. The summed E-state index contributed by atoms with van der Waals surface area (Å²) in [5, 5.41) is 2.88. The molecule has 0 spiro atoms. The molecule has 0 atom stereocenters. The molecule has 4 nitrogen and oxygen atoms in total. The lowest BCUT2D eigenvalue weighted by Gasteiger charge is -2.12. The third kappa shape index (κ3) is 5.06. The normalized spacial score (nSPS) is 11.6. The van der Waals surface area contributed by atoms with Crippen LogP contribution in [0.25, 0.3) is 11.3 Å². The van der Waals surface area contributed by atoms with E-state index in [9.17, 15) is 0 Å². The largest absolute Gasteiger partial charge is 0.493 e. The highest BCUT2D eigenvalue weighted by atomic mass is 35.5. The average Bonchev–Trinajstić information content (AvgIpc) is 3.21. The molecule has 0 radical (unpaired) electrons. The molecule has 0 bridgehead atoms. The maximum Gasteiger partial charge on any atom is 0.190 e. The van der Waals surface area contributed by atoms with Crippen LogP contribution in [0.15, 0.2) is 77.1 Å². The van der Waals surface area contributed by atoms with E-state index in [-0.39, 0.29) is 0 Å². The van der Waals surface area contributed by atoms with Crippen LogP contribution in [-0.2, 0) is 13.0 Å². The first kappa shape index (κ1) is 22.2. The molecule has 1 aromatic heterocycles. The van der Waals surface area contributed by atoms with Gasteiger partial charge >= 0.3 is 0 Å². The first-order valence-electron chi connectivity index (χ1n) is 10.3. The van der Waals surface area contributed by atoms with Gasteiger partial charge in [0.2, 0.25) is 0 Å². The third-order valence-electron chi connectivity index (χ3n) is 5.27. The van der Waals surface area contributed by atoms with Crippen molar-refractivity contribution in [3.63, 3.8) is 0 Å². The van der Waals surface area contributed by atoms with Crippen molar-refractivity contribution in [1.29, 1.82) is 0 Å². The second-order valence-corrected chi connectivity index (χ2v) is 8.72. The highest BCUT2D eigenvalue weighted by Gasteiger charge is 2.10. The fraction of sp³-hybridized carbons (Fsp3) is 0.192.